The molecule has 0 spiro atoms. The first-order chi connectivity index (χ1) is 8.01. The van der Waals surface area contributed by atoms with Crippen molar-refractivity contribution in [1.29, 1.82) is 0 Å². The number of aryl methyl sites for hydroxylation is 1. The number of aromatic nitrogens is 3. The highest BCUT2D eigenvalue weighted by atomic mass is 16.5. The molecule has 0 amide bonds. The van der Waals surface area contributed by atoms with Crippen LogP contribution in [0, 0.1) is 0 Å². The summed E-state index contributed by atoms with van der Waals surface area (Å²) in [7, 11) is 0. The van der Waals surface area contributed by atoms with Crippen LogP contribution < -0.4 is 5.73 Å². The van der Waals surface area contributed by atoms with Crippen molar-refractivity contribution >= 4 is 0 Å². The maximum Gasteiger partial charge on any atom is 0.138 e. The van der Waals surface area contributed by atoms with Crippen LogP contribution in [0.4, 0.5) is 0 Å². The van der Waals surface area contributed by atoms with E-state index in [9.17, 15) is 0 Å². The molecular weight excluding hydrogens is 216 g/mol. The summed E-state index contributed by atoms with van der Waals surface area (Å²) in [6.07, 6.45) is 3.32. The molecule has 5 heteroatoms. The van der Waals surface area contributed by atoms with Crippen molar-refractivity contribution in [3.8, 4) is 0 Å². The summed E-state index contributed by atoms with van der Waals surface area (Å²) >= 11 is 0. The molecule has 0 aromatic carbocycles. The Kier molecular flexibility index (Phi) is 5.08. The minimum Gasteiger partial charge on any atom is -0.374 e. The molecule has 0 radical (unpaired) electrons. The van der Waals surface area contributed by atoms with Gasteiger partial charge in [-0.1, -0.05) is 6.92 Å². The van der Waals surface area contributed by atoms with E-state index in [1.165, 1.54) is 0 Å². The molecule has 1 aromatic heterocycles. The number of rotatable bonds is 7. The van der Waals surface area contributed by atoms with E-state index in [-0.39, 0.29) is 11.6 Å². The Balaban J connectivity index is 2.66. The van der Waals surface area contributed by atoms with E-state index in [0.29, 0.717) is 13.0 Å². The summed E-state index contributed by atoms with van der Waals surface area (Å²) in [5.74, 6) is 0.937. The standard InChI is InChI=1S/C12H24N4O/c1-5-7-16-11(14-9-15-16)8-10(13)12(3,4)17-6-2/h9-10H,5-8,13H2,1-4H3. The van der Waals surface area contributed by atoms with Gasteiger partial charge in [0.25, 0.3) is 0 Å². The molecule has 1 heterocycles. The minimum absolute atomic E-state index is 0.0812. The molecule has 1 unspecified atom stereocenters. The second kappa shape index (κ2) is 6.12. The Labute approximate surface area is 103 Å². The van der Waals surface area contributed by atoms with Gasteiger partial charge in [-0.15, -0.1) is 0 Å². The summed E-state index contributed by atoms with van der Waals surface area (Å²) in [6, 6.07) is -0.0812. The summed E-state index contributed by atoms with van der Waals surface area (Å²) in [5.41, 5.74) is 5.85. The fourth-order valence-electron chi connectivity index (χ4n) is 1.77. The topological polar surface area (TPSA) is 66.0 Å². The van der Waals surface area contributed by atoms with Gasteiger partial charge in [-0.05, 0) is 27.2 Å². The highest BCUT2D eigenvalue weighted by molar-refractivity contribution is 4.95. The number of nitrogens with two attached hydrogens (primary N) is 1. The number of hydrogen-bond donors (Lipinski definition) is 1. The molecule has 0 fully saturated rings. The zero-order chi connectivity index (χ0) is 12.9. The predicted molar refractivity (Wildman–Crippen MR) is 67.7 cm³/mol. The van der Waals surface area contributed by atoms with E-state index < -0.39 is 0 Å². The zero-order valence-electron chi connectivity index (χ0n) is 11.3. The van der Waals surface area contributed by atoms with Crippen LogP contribution in [0.15, 0.2) is 6.33 Å². The van der Waals surface area contributed by atoms with Crippen molar-refractivity contribution in [3.63, 3.8) is 0 Å². The van der Waals surface area contributed by atoms with E-state index in [1.807, 2.05) is 25.5 Å². The molecule has 98 valence electrons. The maximum atomic E-state index is 6.19. The van der Waals surface area contributed by atoms with E-state index in [2.05, 4.69) is 17.0 Å². The van der Waals surface area contributed by atoms with Crippen molar-refractivity contribution in [2.24, 2.45) is 5.73 Å². The fourth-order valence-corrected chi connectivity index (χ4v) is 1.77. The quantitative estimate of drug-likeness (QED) is 0.781. The lowest BCUT2D eigenvalue weighted by Crippen LogP contribution is -2.47. The number of ether oxygens (including phenoxy) is 1. The van der Waals surface area contributed by atoms with E-state index >= 15 is 0 Å². The molecule has 0 aliphatic heterocycles. The van der Waals surface area contributed by atoms with Gasteiger partial charge in [0.2, 0.25) is 0 Å². The van der Waals surface area contributed by atoms with Crippen LogP contribution in [0.3, 0.4) is 0 Å². The molecule has 1 atom stereocenters. The van der Waals surface area contributed by atoms with E-state index in [0.717, 1.165) is 18.8 Å². The average molecular weight is 240 g/mol. The maximum absolute atomic E-state index is 6.19. The number of hydrogen-bond acceptors (Lipinski definition) is 4. The van der Waals surface area contributed by atoms with Gasteiger partial charge in [0.05, 0.1) is 5.60 Å². The summed E-state index contributed by atoms with van der Waals surface area (Å²) in [4.78, 5) is 4.26. The van der Waals surface area contributed by atoms with Crippen LogP contribution in [0.5, 0.6) is 0 Å². The first kappa shape index (κ1) is 14.1. The summed E-state index contributed by atoms with van der Waals surface area (Å²) < 4.78 is 7.58. The lowest BCUT2D eigenvalue weighted by Gasteiger charge is -2.31. The molecule has 5 nitrogen and oxygen atoms in total. The van der Waals surface area contributed by atoms with Gasteiger partial charge in [0.1, 0.15) is 12.2 Å². The Morgan fingerprint density at radius 3 is 2.76 bits per heavy atom. The van der Waals surface area contributed by atoms with E-state index in [1.54, 1.807) is 6.33 Å². The number of nitrogens with zero attached hydrogens (tertiary/aromatic N) is 3. The molecule has 17 heavy (non-hydrogen) atoms. The third kappa shape index (κ3) is 3.78. The molecule has 1 rings (SSSR count). The van der Waals surface area contributed by atoms with Crippen LogP contribution in [0.25, 0.3) is 0 Å². The Morgan fingerprint density at radius 1 is 1.47 bits per heavy atom. The molecule has 2 N–H and O–H groups in total. The third-order valence-corrected chi connectivity index (χ3v) is 2.94. The first-order valence-corrected chi connectivity index (χ1v) is 6.27. The molecular formula is C12H24N4O. The van der Waals surface area contributed by atoms with Gasteiger partial charge in [-0.2, -0.15) is 5.10 Å². The lowest BCUT2D eigenvalue weighted by atomic mass is 9.96. The molecule has 0 aliphatic rings. The second-order valence-electron chi connectivity index (χ2n) is 4.75. The highest BCUT2D eigenvalue weighted by Gasteiger charge is 2.28. The van der Waals surface area contributed by atoms with Crippen molar-refractivity contribution in [1.82, 2.24) is 14.8 Å². The Morgan fingerprint density at radius 2 is 2.18 bits per heavy atom. The summed E-state index contributed by atoms with van der Waals surface area (Å²) in [6.45, 7) is 9.69. The van der Waals surface area contributed by atoms with Gasteiger partial charge in [0.15, 0.2) is 0 Å². The third-order valence-electron chi connectivity index (χ3n) is 2.94. The smallest absolute Gasteiger partial charge is 0.138 e. The second-order valence-corrected chi connectivity index (χ2v) is 4.75. The zero-order valence-corrected chi connectivity index (χ0v) is 11.3. The molecule has 0 aliphatic carbocycles. The minimum atomic E-state index is -0.336. The first-order valence-electron chi connectivity index (χ1n) is 6.27. The Hall–Kier alpha value is -0.940. The van der Waals surface area contributed by atoms with Gasteiger partial charge in [-0.3, -0.25) is 4.68 Å². The van der Waals surface area contributed by atoms with Crippen LogP contribution in [-0.2, 0) is 17.7 Å². The van der Waals surface area contributed by atoms with Gasteiger partial charge in [-0.25, -0.2) is 4.98 Å². The van der Waals surface area contributed by atoms with Crippen LogP contribution in [-0.4, -0.2) is 33.0 Å². The van der Waals surface area contributed by atoms with Crippen molar-refractivity contribution in [3.05, 3.63) is 12.2 Å². The SMILES string of the molecule is CCCn1ncnc1CC(N)C(C)(C)OCC. The fraction of sp³-hybridized carbons (Fsp3) is 0.833. The van der Waals surface area contributed by atoms with Crippen LogP contribution in [0.2, 0.25) is 0 Å². The van der Waals surface area contributed by atoms with Crippen LogP contribution in [0.1, 0.15) is 39.9 Å². The van der Waals surface area contributed by atoms with Crippen molar-refractivity contribution < 1.29 is 4.74 Å². The lowest BCUT2D eigenvalue weighted by molar-refractivity contribution is -0.0293. The molecule has 0 saturated carbocycles. The Bertz CT molecular complexity index is 335. The molecule has 1 aromatic rings. The average Bonchev–Trinajstić information content (AvgIpc) is 2.66. The van der Waals surface area contributed by atoms with Crippen molar-refractivity contribution in [2.45, 2.75) is 58.7 Å². The highest BCUT2D eigenvalue weighted by Crippen LogP contribution is 2.16. The normalized spacial score (nSPS) is 13.9. The molecule has 0 bridgehead atoms. The largest absolute Gasteiger partial charge is 0.374 e. The van der Waals surface area contributed by atoms with Gasteiger partial charge < -0.3 is 10.5 Å². The van der Waals surface area contributed by atoms with Crippen molar-refractivity contribution in [2.75, 3.05) is 6.61 Å². The van der Waals surface area contributed by atoms with Gasteiger partial charge in [0, 0.05) is 25.6 Å². The molecule has 0 saturated heterocycles. The van der Waals surface area contributed by atoms with E-state index in [4.69, 9.17) is 10.5 Å². The van der Waals surface area contributed by atoms with Crippen LogP contribution >= 0.6 is 0 Å². The van der Waals surface area contributed by atoms with Gasteiger partial charge >= 0.3 is 0 Å². The predicted octanol–water partition coefficient (Wildman–Crippen LogP) is 1.37. The summed E-state index contributed by atoms with van der Waals surface area (Å²) in [5, 5.41) is 4.20. The monoisotopic (exact) mass is 240 g/mol.